The quantitative estimate of drug-likeness (QED) is 0.612. The molecular weight excluding hydrogens is 370 g/mol. The first-order chi connectivity index (χ1) is 12.8. The molecule has 0 spiro atoms. The summed E-state index contributed by atoms with van der Waals surface area (Å²) in [6.45, 7) is 0.359. The van der Waals surface area contributed by atoms with Gasteiger partial charge in [-0.05, 0) is 30.9 Å². The van der Waals surface area contributed by atoms with E-state index in [0.29, 0.717) is 12.5 Å². The van der Waals surface area contributed by atoms with Gasteiger partial charge >= 0.3 is 0 Å². The lowest BCUT2D eigenvalue weighted by Gasteiger charge is -2.30. The Balaban J connectivity index is 2.29. The van der Waals surface area contributed by atoms with Crippen molar-refractivity contribution in [1.29, 1.82) is 0 Å². The van der Waals surface area contributed by atoms with E-state index in [9.17, 15) is 13.2 Å². The number of sulfonamides is 1. The fourth-order valence-corrected chi connectivity index (χ4v) is 4.08. The molecule has 1 aliphatic rings. The van der Waals surface area contributed by atoms with Crippen LogP contribution in [0.25, 0.3) is 0 Å². The molecule has 1 aliphatic carbocycles. The summed E-state index contributed by atoms with van der Waals surface area (Å²) in [4.78, 5) is 12.8. The van der Waals surface area contributed by atoms with Crippen LogP contribution < -0.4 is 25.2 Å². The van der Waals surface area contributed by atoms with Crippen LogP contribution in [0.15, 0.2) is 12.1 Å². The van der Waals surface area contributed by atoms with E-state index in [1.807, 2.05) is 0 Å². The molecule has 0 heterocycles. The Morgan fingerprint density at radius 1 is 1.22 bits per heavy atom. The largest absolute Gasteiger partial charge is 0.493 e. The molecular formula is C18H29N3O5S. The molecule has 2 rings (SSSR count). The van der Waals surface area contributed by atoms with Gasteiger partial charge < -0.3 is 20.5 Å². The average Bonchev–Trinajstić information content (AvgIpc) is 2.64. The number of carbonyl (C=O) groups excluding carboxylic acids is 1. The standard InChI is InChI=1S/C18H29N3O5S/c1-25-16-10-13(9-14(17(16)26-2)21-27(3,23)24)18(22)20-15(11-19)12-7-5-4-6-8-12/h9-10,12,15,21H,4-8,11,19H2,1-3H3,(H,20,22). The first kappa shape index (κ1) is 21.3. The Bertz CT molecular complexity index is 761. The molecule has 27 heavy (non-hydrogen) atoms. The van der Waals surface area contributed by atoms with Crippen molar-refractivity contribution in [2.24, 2.45) is 11.7 Å². The lowest BCUT2D eigenvalue weighted by molar-refractivity contribution is 0.0915. The van der Waals surface area contributed by atoms with E-state index < -0.39 is 10.0 Å². The molecule has 0 bridgehead atoms. The number of methoxy groups -OCH3 is 2. The van der Waals surface area contributed by atoms with Crippen LogP contribution in [-0.4, -0.2) is 47.4 Å². The SMILES string of the molecule is COc1cc(C(=O)NC(CN)C2CCCCC2)cc(NS(C)(=O)=O)c1OC. The molecule has 4 N–H and O–H groups in total. The van der Waals surface area contributed by atoms with Crippen LogP contribution in [0.1, 0.15) is 42.5 Å². The zero-order valence-corrected chi connectivity index (χ0v) is 16.9. The van der Waals surface area contributed by atoms with Crippen molar-refractivity contribution < 1.29 is 22.7 Å². The second-order valence-corrected chi connectivity index (χ2v) is 8.60. The highest BCUT2D eigenvalue weighted by molar-refractivity contribution is 7.92. The number of hydrogen-bond donors (Lipinski definition) is 3. The number of amides is 1. The zero-order valence-electron chi connectivity index (χ0n) is 16.1. The predicted molar refractivity (Wildman–Crippen MR) is 105 cm³/mol. The molecule has 0 saturated heterocycles. The number of nitrogens with two attached hydrogens (primary N) is 1. The summed E-state index contributed by atoms with van der Waals surface area (Å²) in [5, 5.41) is 2.99. The zero-order chi connectivity index (χ0) is 20.0. The van der Waals surface area contributed by atoms with Gasteiger partial charge in [-0.25, -0.2) is 8.42 Å². The molecule has 9 heteroatoms. The van der Waals surface area contributed by atoms with Crippen molar-refractivity contribution in [2.45, 2.75) is 38.1 Å². The second kappa shape index (κ2) is 9.27. The normalized spacial score (nSPS) is 16.4. The van der Waals surface area contributed by atoms with Crippen LogP contribution in [-0.2, 0) is 10.0 Å². The van der Waals surface area contributed by atoms with E-state index in [2.05, 4.69) is 10.0 Å². The van der Waals surface area contributed by atoms with E-state index in [1.165, 1.54) is 32.8 Å². The van der Waals surface area contributed by atoms with Gasteiger partial charge in [-0.2, -0.15) is 0 Å². The van der Waals surface area contributed by atoms with E-state index >= 15 is 0 Å². The highest BCUT2D eigenvalue weighted by Gasteiger charge is 2.25. The number of rotatable bonds is 8. The van der Waals surface area contributed by atoms with Gasteiger partial charge in [0.25, 0.3) is 5.91 Å². The molecule has 0 aliphatic heterocycles. The van der Waals surface area contributed by atoms with Gasteiger partial charge in [-0.1, -0.05) is 19.3 Å². The Hall–Kier alpha value is -2.00. The number of anilines is 1. The summed E-state index contributed by atoms with van der Waals surface area (Å²) < 4.78 is 36.2. The smallest absolute Gasteiger partial charge is 0.251 e. The highest BCUT2D eigenvalue weighted by atomic mass is 32.2. The number of benzene rings is 1. The van der Waals surface area contributed by atoms with Gasteiger partial charge in [-0.15, -0.1) is 0 Å². The van der Waals surface area contributed by atoms with Gasteiger partial charge in [-0.3, -0.25) is 9.52 Å². The van der Waals surface area contributed by atoms with Crippen molar-refractivity contribution in [1.82, 2.24) is 5.32 Å². The minimum absolute atomic E-state index is 0.114. The molecule has 1 fully saturated rings. The third kappa shape index (κ3) is 5.74. The Morgan fingerprint density at radius 2 is 1.89 bits per heavy atom. The van der Waals surface area contributed by atoms with E-state index in [4.69, 9.17) is 15.2 Å². The van der Waals surface area contributed by atoms with E-state index in [-0.39, 0.29) is 34.7 Å². The molecule has 8 nitrogen and oxygen atoms in total. The van der Waals surface area contributed by atoms with Crippen LogP contribution in [0.5, 0.6) is 11.5 Å². The van der Waals surface area contributed by atoms with Crippen molar-refractivity contribution in [3.05, 3.63) is 17.7 Å². The maximum atomic E-state index is 12.8. The minimum Gasteiger partial charge on any atom is -0.493 e. The maximum absolute atomic E-state index is 12.8. The molecule has 152 valence electrons. The summed E-state index contributed by atoms with van der Waals surface area (Å²) in [5.74, 6) is 0.510. The van der Waals surface area contributed by atoms with Crippen molar-refractivity contribution in [2.75, 3.05) is 31.7 Å². The summed E-state index contributed by atoms with van der Waals surface area (Å²) in [5.41, 5.74) is 6.31. The molecule has 1 unspecified atom stereocenters. The molecule has 1 saturated carbocycles. The van der Waals surface area contributed by atoms with Crippen LogP contribution in [0, 0.1) is 5.92 Å². The number of ether oxygens (including phenoxy) is 2. The summed E-state index contributed by atoms with van der Waals surface area (Å²) in [7, 11) is -0.733. The Labute approximate surface area is 160 Å². The second-order valence-electron chi connectivity index (χ2n) is 6.85. The first-order valence-electron chi connectivity index (χ1n) is 9.03. The Morgan fingerprint density at radius 3 is 2.41 bits per heavy atom. The fraction of sp³-hybridized carbons (Fsp3) is 0.611. The number of hydrogen-bond acceptors (Lipinski definition) is 6. The maximum Gasteiger partial charge on any atom is 0.251 e. The molecule has 1 aromatic rings. The lowest BCUT2D eigenvalue weighted by Crippen LogP contribution is -2.45. The van der Waals surface area contributed by atoms with Gasteiger partial charge in [0.15, 0.2) is 11.5 Å². The summed E-state index contributed by atoms with van der Waals surface area (Å²) >= 11 is 0. The van der Waals surface area contributed by atoms with Crippen LogP contribution in [0.2, 0.25) is 0 Å². The van der Waals surface area contributed by atoms with Crippen LogP contribution >= 0.6 is 0 Å². The van der Waals surface area contributed by atoms with Crippen molar-refractivity contribution >= 4 is 21.6 Å². The Kier molecular flexibility index (Phi) is 7.32. The van der Waals surface area contributed by atoms with E-state index in [0.717, 1.165) is 31.9 Å². The predicted octanol–water partition coefficient (Wildman–Crippen LogP) is 1.71. The van der Waals surface area contributed by atoms with Gasteiger partial charge in [0, 0.05) is 18.2 Å². The highest BCUT2D eigenvalue weighted by Crippen LogP contribution is 2.37. The minimum atomic E-state index is -3.56. The molecule has 0 radical (unpaired) electrons. The number of nitrogens with one attached hydrogen (secondary N) is 2. The van der Waals surface area contributed by atoms with E-state index in [1.54, 1.807) is 0 Å². The molecule has 1 aromatic carbocycles. The lowest BCUT2D eigenvalue weighted by atomic mass is 9.84. The topological polar surface area (TPSA) is 120 Å². The van der Waals surface area contributed by atoms with Gasteiger partial charge in [0.05, 0.1) is 26.2 Å². The van der Waals surface area contributed by atoms with Gasteiger partial charge in [0.1, 0.15) is 0 Å². The van der Waals surface area contributed by atoms with Crippen molar-refractivity contribution in [3.63, 3.8) is 0 Å². The fourth-order valence-electron chi connectivity index (χ4n) is 3.53. The monoisotopic (exact) mass is 399 g/mol. The van der Waals surface area contributed by atoms with Crippen LogP contribution in [0.3, 0.4) is 0 Å². The third-order valence-electron chi connectivity index (χ3n) is 4.83. The number of carbonyl (C=O) groups is 1. The summed E-state index contributed by atoms with van der Waals surface area (Å²) in [6, 6.07) is 2.85. The average molecular weight is 400 g/mol. The van der Waals surface area contributed by atoms with Crippen LogP contribution in [0.4, 0.5) is 5.69 Å². The molecule has 1 amide bonds. The first-order valence-corrected chi connectivity index (χ1v) is 10.9. The molecule has 1 atom stereocenters. The third-order valence-corrected chi connectivity index (χ3v) is 5.42. The van der Waals surface area contributed by atoms with Gasteiger partial charge in [0.2, 0.25) is 10.0 Å². The van der Waals surface area contributed by atoms with Crippen molar-refractivity contribution in [3.8, 4) is 11.5 Å². The molecule has 0 aromatic heterocycles. The summed E-state index contributed by atoms with van der Waals surface area (Å²) in [6.07, 6.45) is 6.65.